The highest BCUT2D eigenvalue weighted by molar-refractivity contribution is 7.89. The maximum Gasteiger partial charge on any atom is 0.264 e. The van der Waals surface area contributed by atoms with Gasteiger partial charge in [0.15, 0.2) is 0 Å². The van der Waals surface area contributed by atoms with Crippen LogP contribution in [-0.2, 0) is 21.2 Å². The van der Waals surface area contributed by atoms with Gasteiger partial charge in [0.1, 0.15) is 6.04 Å². The van der Waals surface area contributed by atoms with Crippen LogP contribution in [0.15, 0.2) is 46.7 Å². The molecule has 1 aliphatic heterocycles. The number of hydrogen-bond donors (Lipinski definition) is 2. The number of carbonyl (C=O) groups excluding carboxylic acids is 2. The zero-order valence-electron chi connectivity index (χ0n) is 14.6. The lowest BCUT2D eigenvalue weighted by Crippen LogP contribution is -2.46. The van der Waals surface area contributed by atoms with E-state index in [-0.39, 0.29) is 16.7 Å². The first-order valence-corrected chi connectivity index (χ1v) is 11.0. The molecule has 1 aromatic heterocycles. The Bertz CT molecular complexity index is 909. The standard InChI is InChI=1S/C18H21N3O4S2/c19-27(24,25)14-7-5-13(6-8-14)9-10-20-17(22)15-3-1-11-21(15)18(23)16-4-2-12-26-16/h2,4-8,12,15H,1,3,9-11H2,(H,20,22)(H2,19,24,25)/t15-/m1/s1. The Morgan fingerprint density at radius 2 is 1.96 bits per heavy atom. The van der Waals surface area contributed by atoms with Crippen LogP contribution in [0.3, 0.4) is 0 Å². The zero-order valence-corrected chi connectivity index (χ0v) is 16.3. The molecule has 0 unspecified atom stereocenters. The lowest BCUT2D eigenvalue weighted by Gasteiger charge is -2.23. The summed E-state index contributed by atoms with van der Waals surface area (Å²) in [4.78, 5) is 27.4. The number of nitrogens with zero attached hydrogens (tertiary/aromatic N) is 1. The number of benzene rings is 1. The topological polar surface area (TPSA) is 110 Å². The average Bonchev–Trinajstić information content (AvgIpc) is 3.32. The molecule has 0 aliphatic carbocycles. The van der Waals surface area contributed by atoms with Crippen molar-refractivity contribution >= 4 is 33.2 Å². The maximum absolute atomic E-state index is 12.5. The van der Waals surface area contributed by atoms with Gasteiger partial charge in [-0.2, -0.15) is 0 Å². The van der Waals surface area contributed by atoms with E-state index >= 15 is 0 Å². The highest BCUT2D eigenvalue weighted by Gasteiger charge is 2.34. The molecule has 9 heteroatoms. The van der Waals surface area contributed by atoms with Crippen molar-refractivity contribution in [3.63, 3.8) is 0 Å². The van der Waals surface area contributed by atoms with Crippen molar-refractivity contribution in [2.75, 3.05) is 13.1 Å². The fourth-order valence-electron chi connectivity index (χ4n) is 3.12. The van der Waals surface area contributed by atoms with Gasteiger partial charge in [-0.1, -0.05) is 18.2 Å². The molecule has 0 spiro atoms. The van der Waals surface area contributed by atoms with Crippen molar-refractivity contribution in [1.29, 1.82) is 0 Å². The summed E-state index contributed by atoms with van der Waals surface area (Å²) < 4.78 is 22.5. The molecule has 2 amide bonds. The Balaban J connectivity index is 1.53. The second-order valence-corrected chi connectivity index (χ2v) is 8.87. The van der Waals surface area contributed by atoms with Crippen molar-refractivity contribution in [2.24, 2.45) is 5.14 Å². The Hall–Kier alpha value is -2.23. The normalized spacial score (nSPS) is 17.1. The molecule has 7 nitrogen and oxygen atoms in total. The van der Waals surface area contributed by atoms with Crippen molar-refractivity contribution in [3.8, 4) is 0 Å². The number of sulfonamides is 1. The number of amides is 2. The molecule has 1 aromatic carbocycles. The summed E-state index contributed by atoms with van der Waals surface area (Å²) >= 11 is 1.37. The third-order valence-corrected chi connectivity index (χ3v) is 6.30. The summed E-state index contributed by atoms with van der Waals surface area (Å²) in [6.07, 6.45) is 2.03. The average molecular weight is 408 g/mol. The summed E-state index contributed by atoms with van der Waals surface area (Å²) in [5.74, 6) is -0.250. The molecular weight excluding hydrogens is 386 g/mol. The van der Waals surface area contributed by atoms with Crippen LogP contribution in [0.1, 0.15) is 28.1 Å². The van der Waals surface area contributed by atoms with Gasteiger partial charge in [-0.05, 0) is 48.4 Å². The third-order valence-electron chi connectivity index (χ3n) is 4.51. The van der Waals surface area contributed by atoms with E-state index < -0.39 is 16.1 Å². The van der Waals surface area contributed by atoms with E-state index in [4.69, 9.17) is 5.14 Å². The summed E-state index contributed by atoms with van der Waals surface area (Å²) in [6, 6.07) is 9.40. The van der Waals surface area contributed by atoms with E-state index in [9.17, 15) is 18.0 Å². The van der Waals surface area contributed by atoms with E-state index in [0.29, 0.717) is 30.8 Å². The van der Waals surface area contributed by atoms with Gasteiger partial charge in [-0.15, -0.1) is 11.3 Å². The van der Waals surface area contributed by atoms with Gasteiger partial charge in [0.2, 0.25) is 15.9 Å². The summed E-state index contributed by atoms with van der Waals surface area (Å²) in [7, 11) is -3.70. The second-order valence-electron chi connectivity index (χ2n) is 6.36. The van der Waals surface area contributed by atoms with Gasteiger partial charge < -0.3 is 10.2 Å². The van der Waals surface area contributed by atoms with E-state index in [0.717, 1.165) is 12.0 Å². The molecule has 2 heterocycles. The van der Waals surface area contributed by atoms with E-state index in [1.807, 2.05) is 11.4 Å². The summed E-state index contributed by atoms with van der Waals surface area (Å²) in [5, 5.41) is 9.80. The van der Waals surface area contributed by atoms with Crippen LogP contribution in [0.4, 0.5) is 0 Å². The molecule has 1 fully saturated rings. The van der Waals surface area contributed by atoms with E-state index in [1.165, 1.54) is 23.5 Å². The van der Waals surface area contributed by atoms with Crippen LogP contribution in [0.25, 0.3) is 0 Å². The molecule has 0 radical (unpaired) electrons. The van der Waals surface area contributed by atoms with Crippen LogP contribution >= 0.6 is 11.3 Å². The highest BCUT2D eigenvalue weighted by Crippen LogP contribution is 2.22. The number of hydrogen-bond acceptors (Lipinski definition) is 5. The molecule has 0 bridgehead atoms. The van der Waals surface area contributed by atoms with Crippen LogP contribution in [0.2, 0.25) is 0 Å². The number of nitrogens with two attached hydrogens (primary N) is 1. The first-order chi connectivity index (χ1) is 12.9. The molecule has 3 N–H and O–H groups in total. The van der Waals surface area contributed by atoms with Crippen LogP contribution in [-0.4, -0.2) is 44.3 Å². The fraction of sp³-hybridized carbons (Fsp3) is 0.333. The van der Waals surface area contributed by atoms with E-state index in [1.54, 1.807) is 23.1 Å². The molecule has 27 heavy (non-hydrogen) atoms. The van der Waals surface area contributed by atoms with Crippen LogP contribution < -0.4 is 10.5 Å². The van der Waals surface area contributed by atoms with Crippen molar-refractivity contribution in [1.82, 2.24) is 10.2 Å². The number of carbonyl (C=O) groups is 2. The predicted octanol–water partition coefficient (Wildman–Crippen LogP) is 1.36. The van der Waals surface area contributed by atoms with Gasteiger partial charge in [0.25, 0.3) is 5.91 Å². The maximum atomic E-state index is 12.5. The molecule has 1 atom stereocenters. The Morgan fingerprint density at radius 3 is 2.59 bits per heavy atom. The minimum atomic E-state index is -3.70. The van der Waals surface area contributed by atoms with E-state index in [2.05, 4.69) is 5.32 Å². The number of rotatable bonds is 6. The van der Waals surface area contributed by atoms with Crippen molar-refractivity contribution in [2.45, 2.75) is 30.2 Å². The van der Waals surface area contributed by atoms with Gasteiger partial charge in [-0.3, -0.25) is 9.59 Å². The summed E-state index contributed by atoms with van der Waals surface area (Å²) in [6.45, 7) is 0.995. The summed E-state index contributed by atoms with van der Waals surface area (Å²) in [5.41, 5.74) is 0.889. The molecule has 1 aliphatic rings. The van der Waals surface area contributed by atoms with Crippen LogP contribution in [0, 0.1) is 0 Å². The fourth-order valence-corrected chi connectivity index (χ4v) is 4.31. The quantitative estimate of drug-likeness (QED) is 0.753. The SMILES string of the molecule is NS(=O)(=O)c1ccc(CCNC(=O)[C@H]2CCCN2C(=O)c2cccs2)cc1. The van der Waals surface area contributed by atoms with Crippen molar-refractivity contribution in [3.05, 3.63) is 52.2 Å². The monoisotopic (exact) mass is 407 g/mol. The van der Waals surface area contributed by atoms with Gasteiger partial charge >= 0.3 is 0 Å². The first kappa shape index (κ1) is 19.5. The van der Waals surface area contributed by atoms with Crippen LogP contribution in [0.5, 0.6) is 0 Å². The molecule has 144 valence electrons. The van der Waals surface area contributed by atoms with Crippen molar-refractivity contribution < 1.29 is 18.0 Å². The lowest BCUT2D eigenvalue weighted by atomic mass is 10.1. The largest absolute Gasteiger partial charge is 0.354 e. The number of nitrogens with one attached hydrogen (secondary N) is 1. The molecule has 0 saturated carbocycles. The lowest BCUT2D eigenvalue weighted by molar-refractivity contribution is -0.124. The zero-order chi connectivity index (χ0) is 19.4. The Labute approximate surface area is 162 Å². The number of primary sulfonamides is 1. The smallest absolute Gasteiger partial charge is 0.264 e. The van der Waals surface area contributed by atoms with Gasteiger partial charge in [0.05, 0.1) is 9.77 Å². The van der Waals surface area contributed by atoms with Gasteiger partial charge in [-0.25, -0.2) is 13.6 Å². The molecule has 3 rings (SSSR count). The molecular formula is C18H21N3O4S2. The molecule has 1 saturated heterocycles. The Kier molecular flexibility index (Phi) is 5.93. The predicted molar refractivity (Wildman–Crippen MR) is 103 cm³/mol. The molecule has 2 aromatic rings. The first-order valence-electron chi connectivity index (χ1n) is 8.60. The Morgan fingerprint density at radius 1 is 1.22 bits per heavy atom. The van der Waals surface area contributed by atoms with Gasteiger partial charge in [0, 0.05) is 13.1 Å². The minimum absolute atomic E-state index is 0.0592. The minimum Gasteiger partial charge on any atom is -0.354 e. The second kappa shape index (κ2) is 8.20. The highest BCUT2D eigenvalue weighted by atomic mass is 32.2. The number of thiophene rings is 1. The number of likely N-dealkylation sites (tertiary alicyclic amines) is 1. The third kappa shape index (κ3) is 4.74.